The maximum Gasteiger partial charge on any atom is 0.260 e. The summed E-state index contributed by atoms with van der Waals surface area (Å²) in [6, 6.07) is 0.127. The minimum atomic E-state index is -0.00360. The molecule has 2 rings (SSSR count). The Hall–Kier alpha value is -1.27. The molecule has 1 aromatic rings. The summed E-state index contributed by atoms with van der Waals surface area (Å²) in [5.74, 6) is 0.722. The van der Waals surface area contributed by atoms with Gasteiger partial charge in [0.05, 0.1) is 5.69 Å². The van der Waals surface area contributed by atoms with Crippen molar-refractivity contribution in [3.8, 4) is 5.75 Å². The Morgan fingerprint density at radius 2 is 2.14 bits per heavy atom. The van der Waals surface area contributed by atoms with Gasteiger partial charge in [-0.25, -0.2) is 0 Å². The summed E-state index contributed by atoms with van der Waals surface area (Å²) in [4.78, 5) is 14.3. The Morgan fingerprint density at radius 3 is 2.68 bits per heavy atom. The van der Waals surface area contributed by atoms with Gasteiger partial charge in [-0.1, -0.05) is 0 Å². The average molecular weight is 331 g/mol. The van der Waals surface area contributed by atoms with Gasteiger partial charge in [0.1, 0.15) is 5.69 Å². The van der Waals surface area contributed by atoms with Gasteiger partial charge in [-0.3, -0.25) is 9.48 Å². The molecule has 2 atom stereocenters. The van der Waals surface area contributed by atoms with Gasteiger partial charge in [0.25, 0.3) is 5.91 Å². The molecule has 0 spiro atoms. The van der Waals surface area contributed by atoms with E-state index in [1.165, 1.54) is 0 Å². The van der Waals surface area contributed by atoms with E-state index in [9.17, 15) is 4.79 Å². The van der Waals surface area contributed by atoms with Gasteiger partial charge >= 0.3 is 0 Å². The lowest BCUT2D eigenvalue weighted by atomic mass is 9.97. The highest BCUT2D eigenvalue weighted by molar-refractivity contribution is 5.85. The molecule has 1 aliphatic rings. The highest BCUT2D eigenvalue weighted by Crippen LogP contribution is 2.23. The number of nitrogens with two attached hydrogens (primary N) is 1. The number of nitrogens with zero attached hydrogens (tertiary/aromatic N) is 3. The first-order valence-corrected chi connectivity index (χ1v) is 7.60. The van der Waals surface area contributed by atoms with Gasteiger partial charge in [-0.15, -0.1) is 12.4 Å². The highest BCUT2D eigenvalue weighted by Gasteiger charge is 2.29. The second kappa shape index (κ2) is 7.83. The van der Waals surface area contributed by atoms with Crippen molar-refractivity contribution in [2.45, 2.75) is 52.1 Å². The van der Waals surface area contributed by atoms with Gasteiger partial charge in [-0.2, -0.15) is 5.10 Å². The average Bonchev–Trinajstić information content (AvgIpc) is 2.70. The lowest BCUT2D eigenvalue weighted by molar-refractivity contribution is -0.137. The summed E-state index contributed by atoms with van der Waals surface area (Å²) >= 11 is 0. The maximum absolute atomic E-state index is 12.4. The molecule has 2 N–H and O–H groups in total. The number of carbonyl (C=O) groups is 1. The van der Waals surface area contributed by atoms with Crippen molar-refractivity contribution in [1.29, 1.82) is 0 Å². The van der Waals surface area contributed by atoms with E-state index in [-0.39, 0.29) is 37.0 Å². The Bertz CT molecular complexity index is 516. The van der Waals surface area contributed by atoms with E-state index in [2.05, 4.69) is 5.10 Å². The fourth-order valence-electron chi connectivity index (χ4n) is 2.99. The second-order valence-electron chi connectivity index (χ2n) is 5.92. The molecule has 0 aliphatic carbocycles. The van der Waals surface area contributed by atoms with Crippen LogP contribution in [0.3, 0.4) is 0 Å². The minimum absolute atomic E-state index is 0. The van der Waals surface area contributed by atoms with Crippen molar-refractivity contribution in [2.75, 3.05) is 13.2 Å². The molecule has 126 valence electrons. The normalized spacial score (nSPS) is 19.5. The molecule has 1 aliphatic heterocycles. The van der Waals surface area contributed by atoms with Gasteiger partial charge in [0.2, 0.25) is 0 Å². The SMILES string of the molecule is Cc1nn(C)c(C)c1OCC(=O)N1CCCCC1C(C)N.Cl. The molecule has 1 aromatic heterocycles. The lowest BCUT2D eigenvalue weighted by Crippen LogP contribution is -2.52. The lowest BCUT2D eigenvalue weighted by Gasteiger charge is -2.38. The number of likely N-dealkylation sites (tertiary alicyclic amines) is 1. The smallest absolute Gasteiger partial charge is 0.260 e. The Balaban J connectivity index is 0.00000242. The van der Waals surface area contributed by atoms with E-state index in [1.807, 2.05) is 32.7 Å². The third kappa shape index (κ3) is 3.93. The third-order valence-corrected chi connectivity index (χ3v) is 4.26. The molecule has 1 amide bonds. The minimum Gasteiger partial charge on any atom is -0.480 e. The van der Waals surface area contributed by atoms with Crippen LogP contribution >= 0.6 is 12.4 Å². The molecule has 22 heavy (non-hydrogen) atoms. The monoisotopic (exact) mass is 330 g/mol. The number of piperidine rings is 1. The summed E-state index contributed by atoms with van der Waals surface area (Å²) in [6.07, 6.45) is 3.16. The Kier molecular flexibility index (Phi) is 6.68. The van der Waals surface area contributed by atoms with E-state index in [0.29, 0.717) is 5.75 Å². The van der Waals surface area contributed by atoms with Gasteiger partial charge in [0, 0.05) is 25.7 Å². The van der Waals surface area contributed by atoms with Crippen LogP contribution in [0.15, 0.2) is 0 Å². The van der Waals surface area contributed by atoms with Crippen LogP contribution in [0.5, 0.6) is 5.75 Å². The van der Waals surface area contributed by atoms with Crippen molar-refractivity contribution in [2.24, 2.45) is 12.8 Å². The largest absolute Gasteiger partial charge is 0.480 e. The van der Waals surface area contributed by atoms with Crippen molar-refractivity contribution < 1.29 is 9.53 Å². The van der Waals surface area contributed by atoms with Crippen LogP contribution in [0.1, 0.15) is 37.6 Å². The predicted molar refractivity (Wildman–Crippen MR) is 88.4 cm³/mol. The summed E-state index contributed by atoms with van der Waals surface area (Å²) in [5.41, 5.74) is 7.75. The van der Waals surface area contributed by atoms with Gasteiger partial charge in [-0.05, 0) is 40.0 Å². The molecule has 1 fully saturated rings. The molecular weight excluding hydrogens is 304 g/mol. The summed E-state index contributed by atoms with van der Waals surface area (Å²) in [7, 11) is 1.87. The van der Waals surface area contributed by atoms with Crippen LogP contribution in [0.2, 0.25) is 0 Å². The summed E-state index contributed by atoms with van der Waals surface area (Å²) in [6.45, 7) is 6.62. The number of hydrogen-bond acceptors (Lipinski definition) is 4. The molecule has 7 heteroatoms. The fourth-order valence-corrected chi connectivity index (χ4v) is 2.99. The summed E-state index contributed by atoms with van der Waals surface area (Å²) in [5, 5.41) is 4.29. The molecule has 1 saturated heterocycles. The van der Waals surface area contributed by atoms with Gasteiger partial charge in [0.15, 0.2) is 12.4 Å². The zero-order chi connectivity index (χ0) is 15.6. The first-order valence-electron chi connectivity index (χ1n) is 7.60. The van der Waals surface area contributed by atoms with Crippen LogP contribution in [-0.4, -0.2) is 45.8 Å². The zero-order valence-electron chi connectivity index (χ0n) is 13.8. The molecule has 0 aromatic carbocycles. The van der Waals surface area contributed by atoms with Crippen molar-refractivity contribution in [1.82, 2.24) is 14.7 Å². The molecule has 0 radical (unpaired) electrons. The molecule has 0 saturated carbocycles. The number of hydrogen-bond donors (Lipinski definition) is 1. The number of aryl methyl sites for hydroxylation is 2. The molecule has 2 unspecified atom stereocenters. The maximum atomic E-state index is 12.4. The number of rotatable bonds is 4. The topological polar surface area (TPSA) is 73.4 Å². The van der Waals surface area contributed by atoms with E-state index in [1.54, 1.807) is 4.68 Å². The van der Waals surface area contributed by atoms with E-state index < -0.39 is 0 Å². The number of amides is 1. The van der Waals surface area contributed by atoms with Crippen LogP contribution in [-0.2, 0) is 11.8 Å². The third-order valence-electron chi connectivity index (χ3n) is 4.26. The molecule has 2 heterocycles. The predicted octanol–water partition coefficient (Wildman–Crippen LogP) is 1.57. The number of halogens is 1. The van der Waals surface area contributed by atoms with Crippen LogP contribution in [0.4, 0.5) is 0 Å². The van der Waals surface area contributed by atoms with Crippen molar-refractivity contribution in [3.05, 3.63) is 11.4 Å². The van der Waals surface area contributed by atoms with Crippen molar-refractivity contribution in [3.63, 3.8) is 0 Å². The van der Waals surface area contributed by atoms with Crippen LogP contribution in [0.25, 0.3) is 0 Å². The number of carbonyl (C=O) groups excluding carboxylic acids is 1. The van der Waals surface area contributed by atoms with E-state index in [4.69, 9.17) is 10.5 Å². The Morgan fingerprint density at radius 1 is 1.45 bits per heavy atom. The molecular formula is C15H27ClN4O2. The number of aromatic nitrogens is 2. The first kappa shape index (κ1) is 18.8. The second-order valence-corrected chi connectivity index (χ2v) is 5.92. The van der Waals surface area contributed by atoms with E-state index >= 15 is 0 Å². The Labute approximate surface area is 138 Å². The quantitative estimate of drug-likeness (QED) is 0.909. The highest BCUT2D eigenvalue weighted by atomic mass is 35.5. The zero-order valence-corrected chi connectivity index (χ0v) is 14.7. The summed E-state index contributed by atoms with van der Waals surface area (Å²) < 4.78 is 7.48. The van der Waals surface area contributed by atoms with E-state index in [0.717, 1.165) is 37.2 Å². The fraction of sp³-hybridized carbons (Fsp3) is 0.733. The van der Waals surface area contributed by atoms with Gasteiger partial charge < -0.3 is 15.4 Å². The molecule has 0 bridgehead atoms. The van der Waals surface area contributed by atoms with Crippen molar-refractivity contribution >= 4 is 18.3 Å². The van der Waals surface area contributed by atoms with Crippen LogP contribution in [0, 0.1) is 13.8 Å². The number of ether oxygens (including phenoxy) is 1. The molecule has 6 nitrogen and oxygen atoms in total. The first-order chi connectivity index (χ1) is 9.91. The van der Waals surface area contributed by atoms with Crippen LogP contribution < -0.4 is 10.5 Å². The standard InChI is InChI=1S/C15H26N4O2.ClH/c1-10(16)13-7-5-6-8-19(13)14(20)9-21-15-11(2)17-18(4)12(15)3;/h10,13H,5-9,16H2,1-4H3;1H.